The number of nitrogen functional groups attached to an aromatic ring is 1. The average Bonchev–Trinajstić information content (AvgIpc) is 2.41. The number of carbonyl (C=O) groups is 1. The Morgan fingerprint density at radius 1 is 1.15 bits per heavy atom. The molecule has 0 radical (unpaired) electrons. The molecule has 1 amide bonds. The molecule has 0 saturated heterocycles. The summed E-state index contributed by atoms with van der Waals surface area (Å²) >= 11 is 0. The lowest BCUT2D eigenvalue weighted by Gasteiger charge is -2.07. The minimum Gasteiger partial charge on any atom is -0.398 e. The Hall–Kier alpha value is -2.36. The Bertz CT molecular complexity index is 599. The molecule has 0 spiro atoms. The Kier molecular flexibility index (Phi) is 4.71. The highest BCUT2D eigenvalue weighted by molar-refractivity contribution is 5.80. The van der Waals surface area contributed by atoms with E-state index in [-0.39, 0.29) is 18.1 Å². The van der Waals surface area contributed by atoms with Crippen LogP contribution in [0.2, 0.25) is 0 Å². The monoisotopic (exact) mass is 272 g/mol. The Morgan fingerprint density at radius 2 is 1.95 bits per heavy atom. The molecule has 3 N–H and O–H groups in total. The molecule has 0 saturated carbocycles. The molecular formula is C16H17FN2O. The highest BCUT2D eigenvalue weighted by atomic mass is 19.1. The van der Waals surface area contributed by atoms with Gasteiger partial charge in [-0.05, 0) is 35.7 Å². The number of para-hydroxylation sites is 1. The molecular weight excluding hydrogens is 255 g/mol. The lowest BCUT2D eigenvalue weighted by atomic mass is 10.1. The van der Waals surface area contributed by atoms with Gasteiger partial charge in [0.05, 0.1) is 6.42 Å². The van der Waals surface area contributed by atoms with Crippen molar-refractivity contribution in [2.24, 2.45) is 0 Å². The summed E-state index contributed by atoms with van der Waals surface area (Å²) in [4.78, 5) is 11.8. The maximum atomic E-state index is 13.0. The predicted molar refractivity (Wildman–Crippen MR) is 77.7 cm³/mol. The van der Waals surface area contributed by atoms with Gasteiger partial charge in [-0.1, -0.05) is 30.3 Å². The van der Waals surface area contributed by atoms with Crippen molar-refractivity contribution in [2.45, 2.75) is 12.8 Å². The SMILES string of the molecule is Nc1ccccc1CC(=O)NCCc1cccc(F)c1. The Labute approximate surface area is 117 Å². The zero-order valence-corrected chi connectivity index (χ0v) is 11.1. The molecule has 0 atom stereocenters. The van der Waals surface area contributed by atoms with Gasteiger partial charge in [0, 0.05) is 12.2 Å². The highest BCUT2D eigenvalue weighted by Gasteiger charge is 2.05. The van der Waals surface area contributed by atoms with Gasteiger partial charge in [0.15, 0.2) is 0 Å². The van der Waals surface area contributed by atoms with Gasteiger partial charge in [-0.15, -0.1) is 0 Å². The molecule has 0 aromatic heterocycles. The second-order valence-electron chi connectivity index (χ2n) is 4.61. The van der Waals surface area contributed by atoms with Gasteiger partial charge < -0.3 is 11.1 Å². The Balaban J connectivity index is 1.80. The average molecular weight is 272 g/mol. The fraction of sp³-hybridized carbons (Fsp3) is 0.188. The van der Waals surface area contributed by atoms with Gasteiger partial charge >= 0.3 is 0 Å². The first-order chi connectivity index (χ1) is 9.65. The number of anilines is 1. The molecule has 20 heavy (non-hydrogen) atoms. The van der Waals surface area contributed by atoms with Crippen LogP contribution in [0.1, 0.15) is 11.1 Å². The predicted octanol–water partition coefficient (Wildman–Crippen LogP) is 2.31. The quantitative estimate of drug-likeness (QED) is 0.821. The highest BCUT2D eigenvalue weighted by Crippen LogP contribution is 2.10. The summed E-state index contributed by atoms with van der Waals surface area (Å²) in [5, 5.41) is 2.81. The van der Waals surface area contributed by atoms with E-state index >= 15 is 0 Å². The summed E-state index contributed by atoms with van der Waals surface area (Å²) < 4.78 is 13.0. The third-order valence-corrected chi connectivity index (χ3v) is 3.03. The lowest BCUT2D eigenvalue weighted by Crippen LogP contribution is -2.27. The van der Waals surface area contributed by atoms with Crippen LogP contribution < -0.4 is 11.1 Å². The van der Waals surface area contributed by atoms with Gasteiger partial charge in [-0.3, -0.25) is 4.79 Å². The normalized spacial score (nSPS) is 10.2. The second-order valence-corrected chi connectivity index (χ2v) is 4.61. The van der Waals surface area contributed by atoms with Crippen molar-refractivity contribution in [3.63, 3.8) is 0 Å². The topological polar surface area (TPSA) is 55.1 Å². The van der Waals surface area contributed by atoms with E-state index in [2.05, 4.69) is 5.32 Å². The van der Waals surface area contributed by atoms with E-state index in [1.807, 2.05) is 24.3 Å². The first-order valence-electron chi connectivity index (χ1n) is 6.49. The van der Waals surface area contributed by atoms with Gasteiger partial charge in [0.1, 0.15) is 5.82 Å². The number of hydrogen-bond donors (Lipinski definition) is 2. The zero-order valence-electron chi connectivity index (χ0n) is 11.1. The van der Waals surface area contributed by atoms with Crippen LogP contribution >= 0.6 is 0 Å². The van der Waals surface area contributed by atoms with Crippen molar-refractivity contribution in [2.75, 3.05) is 12.3 Å². The Morgan fingerprint density at radius 3 is 2.70 bits per heavy atom. The lowest BCUT2D eigenvalue weighted by molar-refractivity contribution is -0.120. The minimum absolute atomic E-state index is 0.0840. The van der Waals surface area contributed by atoms with Gasteiger partial charge in [0.25, 0.3) is 0 Å². The van der Waals surface area contributed by atoms with Crippen molar-refractivity contribution in [1.29, 1.82) is 0 Å². The molecule has 0 unspecified atom stereocenters. The van der Waals surface area contributed by atoms with Crippen LogP contribution in [0.3, 0.4) is 0 Å². The first-order valence-corrected chi connectivity index (χ1v) is 6.49. The molecule has 4 heteroatoms. The third-order valence-electron chi connectivity index (χ3n) is 3.03. The third kappa shape index (κ3) is 4.09. The number of carbonyl (C=O) groups excluding carboxylic acids is 1. The zero-order chi connectivity index (χ0) is 14.4. The minimum atomic E-state index is -0.258. The smallest absolute Gasteiger partial charge is 0.224 e. The molecule has 2 aromatic rings. The van der Waals surface area contributed by atoms with Gasteiger partial charge in [-0.25, -0.2) is 4.39 Å². The summed E-state index contributed by atoms with van der Waals surface area (Å²) in [7, 11) is 0. The van der Waals surface area contributed by atoms with Crippen molar-refractivity contribution in [3.05, 3.63) is 65.5 Å². The van der Waals surface area contributed by atoms with Crippen molar-refractivity contribution >= 4 is 11.6 Å². The van der Waals surface area contributed by atoms with Crippen LogP contribution in [0.15, 0.2) is 48.5 Å². The number of amides is 1. The van der Waals surface area contributed by atoms with Crippen LogP contribution in [0.25, 0.3) is 0 Å². The van der Waals surface area contributed by atoms with E-state index in [1.165, 1.54) is 12.1 Å². The van der Waals surface area contributed by atoms with E-state index in [0.717, 1.165) is 11.1 Å². The van der Waals surface area contributed by atoms with Crippen LogP contribution in [-0.2, 0) is 17.6 Å². The van der Waals surface area contributed by atoms with Gasteiger partial charge in [0.2, 0.25) is 5.91 Å². The van der Waals surface area contributed by atoms with Crippen LogP contribution in [0.4, 0.5) is 10.1 Å². The number of nitrogens with two attached hydrogens (primary N) is 1. The maximum Gasteiger partial charge on any atom is 0.224 e. The van der Waals surface area contributed by atoms with E-state index in [1.54, 1.807) is 12.1 Å². The molecule has 0 aliphatic heterocycles. The summed E-state index contributed by atoms with van der Waals surface area (Å²) in [6, 6.07) is 13.7. The molecule has 2 rings (SSSR count). The fourth-order valence-electron chi connectivity index (χ4n) is 1.97. The van der Waals surface area contributed by atoms with E-state index < -0.39 is 0 Å². The fourth-order valence-corrected chi connectivity index (χ4v) is 1.97. The van der Waals surface area contributed by atoms with E-state index in [0.29, 0.717) is 18.7 Å². The van der Waals surface area contributed by atoms with Crippen LogP contribution in [-0.4, -0.2) is 12.5 Å². The number of halogens is 1. The summed E-state index contributed by atoms with van der Waals surface area (Å²) in [6.45, 7) is 0.481. The van der Waals surface area contributed by atoms with Crippen molar-refractivity contribution in [1.82, 2.24) is 5.32 Å². The second kappa shape index (κ2) is 6.70. The van der Waals surface area contributed by atoms with Crippen molar-refractivity contribution in [3.8, 4) is 0 Å². The molecule has 0 aliphatic carbocycles. The molecule has 0 aliphatic rings. The van der Waals surface area contributed by atoms with E-state index in [9.17, 15) is 9.18 Å². The molecule has 0 bridgehead atoms. The summed E-state index contributed by atoms with van der Waals surface area (Å²) in [5.74, 6) is -0.342. The van der Waals surface area contributed by atoms with Crippen LogP contribution in [0.5, 0.6) is 0 Å². The standard InChI is InChI=1S/C16H17FN2O/c17-14-6-3-4-12(10-14)8-9-19-16(20)11-13-5-1-2-7-15(13)18/h1-7,10H,8-9,11,18H2,(H,19,20). The van der Waals surface area contributed by atoms with Crippen LogP contribution in [0, 0.1) is 5.82 Å². The maximum absolute atomic E-state index is 13.0. The molecule has 104 valence electrons. The number of nitrogens with one attached hydrogen (secondary N) is 1. The van der Waals surface area contributed by atoms with Gasteiger partial charge in [-0.2, -0.15) is 0 Å². The molecule has 3 nitrogen and oxygen atoms in total. The summed E-state index contributed by atoms with van der Waals surface area (Å²) in [5.41, 5.74) is 8.08. The number of benzene rings is 2. The van der Waals surface area contributed by atoms with E-state index in [4.69, 9.17) is 5.73 Å². The largest absolute Gasteiger partial charge is 0.398 e. The van der Waals surface area contributed by atoms with Crippen molar-refractivity contribution < 1.29 is 9.18 Å². The summed E-state index contributed by atoms with van der Waals surface area (Å²) in [6.07, 6.45) is 0.865. The number of rotatable bonds is 5. The molecule has 2 aromatic carbocycles. The molecule has 0 heterocycles. The first kappa shape index (κ1) is 14.1. The number of hydrogen-bond acceptors (Lipinski definition) is 2. The molecule has 0 fully saturated rings.